The highest BCUT2D eigenvalue weighted by atomic mass is 35.5. The Balaban J connectivity index is 3.01. The first-order valence-electron chi connectivity index (χ1n) is 2.76. The van der Waals surface area contributed by atoms with Gasteiger partial charge in [0.15, 0.2) is 0 Å². The molecule has 0 aliphatic heterocycles. The molecule has 0 aromatic carbocycles. The Morgan fingerprint density at radius 3 is 3.00 bits per heavy atom. The van der Waals surface area contributed by atoms with Crippen molar-refractivity contribution in [1.29, 1.82) is 0 Å². The Hall–Kier alpha value is -1.07. The molecule has 0 atom stereocenters. The van der Waals surface area contributed by atoms with Crippen LogP contribution in [0.1, 0.15) is 5.69 Å². The SMILES string of the molecule is [C-]#[N+]c1cccc(CCl)n1. The van der Waals surface area contributed by atoms with E-state index in [0.717, 1.165) is 5.69 Å². The zero-order valence-electron chi connectivity index (χ0n) is 5.21. The van der Waals surface area contributed by atoms with Crippen LogP contribution >= 0.6 is 11.6 Å². The van der Waals surface area contributed by atoms with Gasteiger partial charge in [-0.15, -0.1) is 16.6 Å². The van der Waals surface area contributed by atoms with Gasteiger partial charge in [0.1, 0.15) is 5.69 Å². The molecule has 0 unspecified atom stereocenters. The first-order valence-corrected chi connectivity index (χ1v) is 3.29. The molecule has 0 bridgehead atoms. The van der Waals surface area contributed by atoms with Gasteiger partial charge < -0.3 is 4.85 Å². The molecule has 0 saturated heterocycles. The van der Waals surface area contributed by atoms with Crippen LogP contribution in [0.25, 0.3) is 4.85 Å². The van der Waals surface area contributed by atoms with Gasteiger partial charge in [-0.05, 0) is 12.1 Å². The van der Waals surface area contributed by atoms with Crippen molar-refractivity contribution in [2.45, 2.75) is 5.88 Å². The van der Waals surface area contributed by atoms with Gasteiger partial charge in [-0.2, -0.15) is 0 Å². The minimum Gasteiger partial charge on any atom is -0.361 e. The molecule has 0 amide bonds. The van der Waals surface area contributed by atoms with E-state index < -0.39 is 0 Å². The van der Waals surface area contributed by atoms with Gasteiger partial charge in [0.05, 0.1) is 5.88 Å². The van der Waals surface area contributed by atoms with Crippen LogP contribution in [-0.4, -0.2) is 4.98 Å². The van der Waals surface area contributed by atoms with Crippen molar-refractivity contribution in [3.8, 4) is 0 Å². The van der Waals surface area contributed by atoms with Crippen molar-refractivity contribution in [2.75, 3.05) is 0 Å². The Bertz CT molecular complexity index is 265. The summed E-state index contributed by atoms with van der Waals surface area (Å²) in [7, 11) is 0. The van der Waals surface area contributed by atoms with Crippen molar-refractivity contribution in [3.63, 3.8) is 0 Å². The van der Waals surface area contributed by atoms with E-state index in [1.54, 1.807) is 18.2 Å². The molecule has 0 fully saturated rings. The highest BCUT2D eigenvalue weighted by molar-refractivity contribution is 6.16. The van der Waals surface area contributed by atoms with Crippen LogP contribution in [0.2, 0.25) is 0 Å². The quantitative estimate of drug-likeness (QED) is 0.446. The summed E-state index contributed by atoms with van der Waals surface area (Å²) in [5.74, 6) is 0.766. The predicted molar refractivity (Wildman–Crippen MR) is 40.1 cm³/mol. The van der Waals surface area contributed by atoms with Crippen molar-refractivity contribution >= 4 is 17.4 Å². The highest BCUT2D eigenvalue weighted by Gasteiger charge is 1.96. The lowest BCUT2D eigenvalue weighted by atomic mass is 10.4. The molecule has 1 aromatic rings. The minimum atomic E-state index is 0.364. The van der Waals surface area contributed by atoms with E-state index in [9.17, 15) is 0 Å². The summed E-state index contributed by atoms with van der Waals surface area (Å²) >= 11 is 5.49. The maximum Gasteiger partial charge on any atom is 0.269 e. The third-order valence-electron chi connectivity index (χ3n) is 1.04. The number of aromatic nitrogens is 1. The summed E-state index contributed by atoms with van der Waals surface area (Å²) in [4.78, 5) is 7.08. The molecule has 50 valence electrons. The molecule has 1 rings (SSSR count). The van der Waals surface area contributed by atoms with Crippen molar-refractivity contribution < 1.29 is 0 Å². The van der Waals surface area contributed by atoms with Gasteiger partial charge in [0.25, 0.3) is 5.82 Å². The fraction of sp³-hybridized carbons (Fsp3) is 0.143. The Morgan fingerprint density at radius 1 is 1.60 bits per heavy atom. The number of alkyl halides is 1. The van der Waals surface area contributed by atoms with E-state index in [4.69, 9.17) is 18.2 Å². The van der Waals surface area contributed by atoms with Gasteiger partial charge in [-0.3, -0.25) is 0 Å². The summed E-state index contributed by atoms with van der Waals surface area (Å²) in [6.07, 6.45) is 0. The second kappa shape index (κ2) is 3.19. The molecule has 10 heavy (non-hydrogen) atoms. The number of pyridine rings is 1. The van der Waals surface area contributed by atoms with E-state index in [1.165, 1.54) is 0 Å². The predicted octanol–water partition coefficient (Wildman–Crippen LogP) is 2.37. The van der Waals surface area contributed by atoms with Gasteiger partial charge >= 0.3 is 0 Å². The molecular formula is C7H5ClN2. The molecule has 0 aliphatic carbocycles. The number of hydrogen-bond acceptors (Lipinski definition) is 1. The maximum absolute atomic E-state index is 6.63. The molecule has 1 heterocycles. The van der Waals surface area contributed by atoms with E-state index in [0.29, 0.717) is 11.7 Å². The summed E-state index contributed by atoms with van der Waals surface area (Å²) in [6.45, 7) is 6.63. The van der Waals surface area contributed by atoms with E-state index in [-0.39, 0.29) is 0 Å². The van der Waals surface area contributed by atoms with E-state index in [2.05, 4.69) is 9.83 Å². The Morgan fingerprint density at radius 2 is 2.40 bits per heavy atom. The Kier molecular flexibility index (Phi) is 2.24. The normalized spacial score (nSPS) is 8.80. The first kappa shape index (κ1) is 7.04. The third-order valence-corrected chi connectivity index (χ3v) is 1.32. The molecule has 0 saturated carbocycles. The summed E-state index contributed by atoms with van der Waals surface area (Å²) < 4.78 is 0. The molecular weight excluding hydrogens is 148 g/mol. The van der Waals surface area contributed by atoms with E-state index >= 15 is 0 Å². The number of halogens is 1. The molecule has 1 aromatic heterocycles. The summed E-state index contributed by atoms with van der Waals surface area (Å²) in [5.41, 5.74) is 0.746. The van der Waals surface area contributed by atoms with Crippen LogP contribution in [0.4, 0.5) is 5.82 Å². The molecule has 0 spiro atoms. The van der Waals surface area contributed by atoms with Gasteiger partial charge in [0.2, 0.25) is 0 Å². The van der Waals surface area contributed by atoms with Crippen molar-refractivity contribution in [1.82, 2.24) is 4.98 Å². The zero-order valence-corrected chi connectivity index (χ0v) is 5.97. The monoisotopic (exact) mass is 152 g/mol. The molecule has 0 radical (unpaired) electrons. The highest BCUT2D eigenvalue weighted by Crippen LogP contribution is 2.08. The Labute approximate surface area is 64.3 Å². The average molecular weight is 153 g/mol. The fourth-order valence-electron chi connectivity index (χ4n) is 0.604. The molecule has 0 N–H and O–H groups in total. The van der Waals surface area contributed by atoms with Crippen LogP contribution in [0.5, 0.6) is 0 Å². The zero-order chi connectivity index (χ0) is 7.40. The smallest absolute Gasteiger partial charge is 0.269 e. The lowest BCUT2D eigenvalue weighted by Crippen LogP contribution is -1.81. The molecule has 2 nitrogen and oxygen atoms in total. The number of rotatable bonds is 1. The number of hydrogen-bond donors (Lipinski definition) is 0. The second-order valence-corrected chi connectivity index (χ2v) is 2.00. The van der Waals surface area contributed by atoms with Crippen LogP contribution in [-0.2, 0) is 5.88 Å². The lowest BCUT2D eigenvalue weighted by molar-refractivity contribution is 1.19. The first-order chi connectivity index (χ1) is 4.86. The van der Waals surface area contributed by atoms with Gasteiger partial charge in [0, 0.05) is 0 Å². The van der Waals surface area contributed by atoms with Crippen molar-refractivity contribution in [3.05, 3.63) is 35.3 Å². The summed E-state index contributed by atoms with van der Waals surface area (Å²) in [6, 6.07) is 5.23. The minimum absolute atomic E-state index is 0.364. The topological polar surface area (TPSA) is 17.2 Å². The number of nitrogens with zero attached hydrogens (tertiary/aromatic N) is 2. The fourth-order valence-corrected chi connectivity index (χ4v) is 0.752. The molecule has 3 heteroatoms. The van der Waals surface area contributed by atoms with Gasteiger partial charge in [-0.1, -0.05) is 12.6 Å². The molecule has 0 aliphatic rings. The third kappa shape index (κ3) is 1.46. The van der Waals surface area contributed by atoms with E-state index in [1.807, 2.05) is 0 Å². The largest absolute Gasteiger partial charge is 0.361 e. The second-order valence-electron chi connectivity index (χ2n) is 1.73. The average Bonchev–Trinajstić information content (AvgIpc) is 2.05. The van der Waals surface area contributed by atoms with Gasteiger partial charge in [-0.25, -0.2) is 0 Å². The maximum atomic E-state index is 6.63. The van der Waals surface area contributed by atoms with Crippen LogP contribution in [0.15, 0.2) is 18.2 Å². The lowest BCUT2D eigenvalue weighted by Gasteiger charge is -1.88. The van der Waals surface area contributed by atoms with Crippen LogP contribution < -0.4 is 0 Å². The van der Waals surface area contributed by atoms with Crippen LogP contribution in [0, 0.1) is 6.57 Å². The summed E-state index contributed by atoms with van der Waals surface area (Å²) in [5, 5.41) is 0. The standard InChI is InChI=1S/C7H5ClN2/c1-9-7-4-2-3-6(5-8)10-7/h2-4H,5H2. The van der Waals surface area contributed by atoms with Crippen LogP contribution in [0.3, 0.4) is 0 Å². The van der Waals surface area contributed by atoms with Crippen molar-refractivity contribution in [2.24, 2.45) is 0 Å².